The Hall–Kier alpha value is -0.670. The number of nitrogens with zero attached hydrogens (tertiary/aromatic N) is 1. The molecule has 6 bridgehead atoms. The molecule has 196 valence electrons. The molecule has 5 rings (SSSR count). The first-order valence-corrected chi connectivity index (χ1v) is 14.9. The fourth-order valence-corrected chi connectivity index (χ4v) is 7.99. The lowest BCUT2D eigenvalue weighted by Crippen LogP contribution is -2.61. The van der Waals surface area contributed by atoms with Gasteiger partial charge in [-0.05, 0) is 68.1 Å². The van der Waals surface area contributed by atoms with Crippen LogP contribution >= 0.6 is 11.9 Å². The molecule has 0 spiro atoms. The number of benzene rings is 1. The van der Waals surface area contributed by atoms with Gasteiger partial charge in [-0.25, -0.2) is 4.72 Å². The summed E-state index contributed by atoms with van der Waals surface area (Å²) in [6, 6.07) is 7.48. The third-order valence-corrected chi connectivity index (χ3v) is 9.48. The molecule has 3 saturated heterocycles. The summed E-state index contributed by atoms with van der Waals surface area (Å²) >= 11 is 1.95. The molecule has 0 radical (unpaired) electrons. The minimum atomic E-state index is 0.0220. The Morgan fingerprint density at radius 2 is 1.89 bits per heavy atom. The van der Waals surface area contributed by atoms with Crippen molar-refractivity contribution < 1.29 is 4.74 Å². The second kappa shape index (κ2) is 11.8. The van der Waals surface area contributed by atoms with E-state index in [1.54, 1.807) is 0 Å². The van der Waals surface area contributed by atoms with E-state index in [0.29, 0.717) is 17.2 Å². The van der Waals surface area contributed by atoms with Gasteiger partial charge in [0.2, 0.25) is 0 Å². The second-order valence-corrected chi connectivity index (χ2v) is 13.1. The molecule has 6 nitrogen and oxygen atoms in total. The summed E-state index contributed by atoms with van der Waals surface area (Å²) in [4.78, 5) is 2.74. The third-order valence-electron chi connectivity index (χ3n) is 8.35. The van der Waals surface area contributed by atoms with Crippen LogP contribution in [0.2, 0.25) is 0 Å². The number of rotatable bonds is 3. The van der Waals surface area contributed by atoms with Gasteiger partial charge in [0.25, 0.3) is 0 Å². The van der Waals surface area contributed by atoms with E-state index in [4.69, 9.17) is 4.74 Å². The summed E-state index contributed by atoms with van der Waals surface area (Å²) in [7, 11) is 0. The standard InChI is InChI=1S/C28H47N5OS/c1-18(2)11-22-16-33-15-21-9-6-10-24(12-21)35-32-28-30-25(27-19(3)7-5-8-20(27)4)13-26(31-28)34-23(17-33)14-29-22/h5,7-8,18,21-26,28-32H,6,9-17H2,1-4H3/t21?,22-,23+,24?,25?,26?,28?/m0/s1. The van der Waals surface area contributed by atoms with Gasteiger partial charge >= 0.3 is 0 Å². The molecule has 1 aromatic rings. The molecule has 3 heterocycles. The van der Waals surface area contributed by atoms with Gasteiger partial charge in [-0.2, -0.15) is 0 Å². The summed E-state index contributed by atoms with van der Waals surface area (Å²) in [5, 5.41) is 12.2. The predicted molar refractivity (Wildman–Crippen MR) is 146 cm³/mol. The van der Waals surface area contributed by atoms with Crippen LogP contribution in [0.25, 0.3) is 0 Å². The summed E-state index contributed by atoms with van der Waals surface area (Å²) in [6.45, 7) is 13.5. The van der Waals surface area contributed by atoms with Crippen molar-refractivity contribution in [3.63, 3.8) is 0 Å². The zero-order chi connectivity index (χ0) is 24.4. The lowest BCUT2D eigenvalue weighted by atomic mass is 9.88. The maximum absolute atomic E-state index is 6.88. The van der Waals surface area contributed by atoms with E-state index in [9.17, 15) is 0 Å². The van der Waals surface area contributed by atoms with Crippen molar-refractivity contribution in [2.45, 2.75) is 102 Å². The molecule has 4 N–H and O–H groups in total. The normalized spacial score (nSPS) is 38.7. The van der Waals surface area contributed by atoms with E-state index in [1.165, 1.54) is 55.3 Å². The highest BCUT2D eigenvalue weighted by molar-refractivity contribution is 7.98. The fourth-order valence-electron chi connectivity index (χ4n) is 6.87. The van der Waals surface area contributed by atoms with Crippen molar-refractivity contribution in [1.82, 2.24) is 25.6 Å². The van der Waals surface area contributed by atoms with Crippen molar-refractivity contribution >= 4 is 11.9 Å². The molecule has 1 aromatic carbocycles. The molecule has 1 aliphatic carbocycles. The minimum Gasteiger partial charge on any atom is -0.357 e. The Morgan fingerprint density at radius 3 is 2.69 bits per heavy atom. The van der Waals surface area contributed by atoms with Crippen LogP contribution in [0.4, 0.5) is 0 Å². The van der Waals surface area contributed by atoms with E-state index in [2.05, 4.69) is 71.5 Å². The summed E-state index contributed by atoms with van der Waals surface area (Å²) in [6.07, 6.45) is 7.80. The predicted octanol–water partition coefficient (Wildman–Crippen LogP) is 4.05. The summed E-state index contributed by atoms with van der Waals surface area (Å²) in [5.74, 6) is 1.51. The van der Waals surface area contributed by atoms with Gasteiger partial charge in [0.15, 0.2) is 0 Å². The number of aryl methyl sites for hydroxylation is 2. The van der Waals surface area contributed by atoms with Crippen LogP contribution in [0.5, 0.6) is 0 Å². The first-order valence-electron chi connectivity index (χ1n) is 14.0. The molecule has 4 aliphatic rings. The maximum atomic E-state index is 6.88. The van der Waals surface area contributed by atoms with Gasteiger partial charge in [-0.1, -0.05) is 50.4 Å². The Bertz CT molecular complexity index is 817. The molecule has 6 unspecified atom stereocenters. The van der Waals surface area contributed by atoms with Gasteiger partial charge in [0.1, 0.15) is 12.5 Å². The van der Waals surface area contributed by atoms with Crippen molar-refractivity contribution in [1.29, 1.82) is 0 Å². The Morgan fingerprint density at radius 1 is 1.06 bits per heavy atom. The monoisotopic (exact) mass is 501 g/mol. The zero-order valence-electron chi connectivity index (χ0n) is 22.2. The molecule has 4 fully saturated rings. The minimum absolute atomic E-state index is 0.0220. The van der Waals surface area contributed by atoms with Crippen LogP contribution in [-0.2, 0) is 4.74 Å². The van der Waals surface area contributed by atoms with Gasteiger partial charge in [-0.3, -0.25) is 15.5 Å². The summed E-state index contributed by atoms with van der Waals surface area (Å²) in [5.41, 5.74) is 4.15. The highest BCUT2D eigenvalue weighted by atomic mass is 32.2. The quantitative estimate of drug-likeness (QED) is 0.466. The molecular formula is C28H47N5OS. The number of ether oxygens (including phenoxy) is 1. The lowest BCUT2D eigenvalue weighted by Gasteiger charge is -2.40. The average Bonchev–Trinajstić information content (AvgIpc) is 2.98. The van der Waals surface area contributed by atoms with E-state index in [-0.39, 0.29) is 24.7 Å². The molecule has 7 heteroatoms. The Kier molecular flexibility index (Phi) is 8.75. The molecule has 8 atom stereocenters. The van der Waals surface area contributed by atoms with Crippen LogP contribution in [0.3, 0.4) is 0 Å². The highest BCUT2D eigenvalue weighted by Gasteiger charge is 2.35. The van der Waals surface area contributed by atoms with E-state index in [1.807, 2.05) is 11.9 Å². The molecule has 35 heavy (non-hydrogen) atoms. The SMILES string of the molecule is Cc1cccc(C)c1C1CC2NC(NSC3CCCC(C3)CN3C[C@H](CC(C)C)NC[C@H](C3)O2)N1. The molecular weight excluding hydrogens is 454 g/mol. The van der Waals surface area contributed by atoms with Gasteiger partial charge in [0.05, 0.1) is 6.10 Å². The van der Waals surface area contributed by atoms with Gasteiger partial charge in [0, 0.05) is 49.9 Å². The molecule has 1 saturated carbocycles. The van der Waals surface area contributed by atoms with Crippen LogP contribution < -0.4 is 20.7 Å². The van der Waals surface area contributed by atoms with Gasteiger partial charge < -0.3 is 10.1 Å². The van der Waals surface area contributed by atoms with Crippen molar-refractivity contribution in [2.24, 2.45) is 11.8 Å². The smallest absolute Gasteiger partial charge is 0.123 e. The third kappa shape index (κ3) is 6.81. The van der Waals surface area contributed by atoms with Crippen LogP contribution in [0.15, 0.2) is 18.2 Å². The fraction of sp³-hybridized carbons (Fsp3) is 0.786. The van der Waals surface area contributed by atoms with E-state index in [0.717, 1.165) is 32.0 Å². The number of fused-ring (bicyclic) bond motifs is 6. The first-order chi connectivity index (χ1) is 16.9. The summed E-state index contributed by atoms with van der Waals surface area (Å²) < 4.78 is 10.6. The van der Waals surface area contributed by atoms with Crippen molar-refractivity contribution in [2.75, 3.05) is 26.2 Å². The molecule has 0 aromatic heterocycles. The van der Waals surface area contributed by atoms with Crippen molar-refractivity contribution in [3.8, 4) is 0 Å². The van der Waals surface area contributed by atoms with Crippen LogP contribution in [0, 0.1) is 25.7 Å². The Labute approximate surface area is 217 Å². The first kappa shape index (κ1) is 26.0. The lowest BCUT2D eigenvalue weighted by molar-refractivity contribution is -0.0684. The van der Waals surface area contributed by atoms with Gasteiger partial charge in [-0.15, -0.1) is 0 Å². The van der Waals surface area contributed by atoms with Crippen LogP contribution in [0.1, 0.15) is 75.1 Å². The zero-order valence-corrected chi connectivity index (χ0v) is 23.0. The highest BCUT2D eigenvalue weighted by Crippen LogP contribution is 2.34. The maximum Gasteiger partial charge on any atom is 0.123 e. The number of nitrogens with one attached hydrogen (secondary N) is 4. The van der Waals surface area contributed by atoms with Crippen molar-refractivity contribution in [3.05, 3.63) is 34.9 Å². The van der Waals surface area contributed by atoms with Crippen LogP contribution in [-0.4, -0.2) is 61.0 Å². The molecule has 0 amide bonds. The van der Waals surface area contributed by atoms with E-state index < -0.39 is 0 Å². The number of hydrogen-bond acceptors (Lipinski definition) is 7. The topological polar surface area (TPSA) is 60.6 Å². The Balaban J connectivity index is 1.39. The second-order valence-electron chi connectivity index (χ2n) is 12.0. The van der Waals surface area contributed by atoms with E-state index >= 15 is 0 Å². The average molecular weight is 502 g/mol. The largest absolute Gasteiger partial charge is 0.357 e. The number of hydrogen-bond donors (Lipinski definition) is 4. The molecule has 3 aliphatic heterocycles.